The zero-order chi connectivity index (χ0) is 19.7. The zero-order valence-electron chi connectivity index (χ0n) is 15.5. The Kier molecular flexibility index (Phi) is 4.85. The molecule has 1 saturated heterocycles. The first kappa shape index (κ1) is 18.6. The molecule has 0 saturated carbocycles. The van der Waals surface area contributed by atoms with Crippen molar-refractivity contribution in [3.63, 3.8) is 0 Å². The third kappa shape index (κ3) is 3.05. The second-order valence-corrected chi connectivity index (χ2v) is 7.83. The van der Waals surface area contributed by atoms with Gasteiger partial charge in [0.2, 0.25) is 5.91 Å². The van der Waals surface area contributed by atoms with Gasteiger partial charge in [0.05, 0.1) is 5.69 Å². The monoisotopic (exact) mass is 395 g/mol. The van der Waals surface area contributed by atoms with E-state index >= 15 is 0 Å². The zero-order valence-corrected chi connectivity index (χ0v) is 16.3. The lowest BCUT2D eigenvalue weighted by molar-refractivity contribution is -0.134. The summed E-state index contributed by atoms with van der Waals surface area (Å²) in [7, 11) is 0. The van der Waals surface area contributed by atoms with Gasteiger partial charge in [-0.1, -0.05) is 36.4 Å². The Labute approximate surface area is 167 Å². The summed E-state index contributed by atoms with van der Waals surface area (Å²) in [6.45, 7) is -0.308. The van der Waals surface area contributed by atoms with E-state index in [0.717, 1.165) is 33.8 Å². The number of urea groups is 1. The molecule has 1 aliphatic carbocycles. The van der Waals surface area contributed by atoms with E-state index in [1.54, 1.807) is 6.07 Å². The molecular weight excluding hydrogens is 374 g/mol. The van der Waals surface area contributed by atoms with Crippen LogP contribution in [0.4, 0.5) is 10.5 Å². The minimum absolute atomic E-state index is 0.308. The van der Waals surface area contributed by atoms with Gasteiger partial charge in [-0.3, -0.25) is 14.5 Å². The lowest BCUT2D eigenvalue weighted by Crippen LogP contribution is -2.47. The lowest BCUT2D eigenvalue weighted by Gasteiger charge is -2.33. The lowest BCUT2D eigenvalue weighted by atomic mass is 9.76. The average Bonchev–Trinajstić information content (AvgIpc) is 2.93. The van der Waals surface area contributed by atoms with Crippen molar-refractivity contribution in [3.8, 4) is 0 Å². The van der Waals surface area contributed by atoms with Crippen molar-refractivity contribution in [1.82, 2.24) is 10.2 Å². The molecule has 1 aliphatic heterocycles. The van der Waals surface area contributed by atoms with E-state index in [1.165, 1.54) is 11.8 Å². The number of nitrogens with one attached hydrogen (secondary N) is 2. The molecule has 0 unspecified atom stereocenters. The molecule has 4 amide bonds. The summed E-state index contributed by atoms with van der Waals surface area (Å²) < 4.78 is 0. The third-order valence-electron chi connectivity index (χ3n) is 5.33. The molecule has 1 atom stereocenters. The highest BCUT2D eigenvalue weighted by Gasteiger charge is 2.54. The minimum atomic E-state index is -1.05. The van der Waals surface area contributed by atoms with Crippen LogP contribution < -0.4 is 10.6 Å². The van der Waals surface area contributed by atoms with Crippen molar-refractivity contribution >= 4 is 35.3 Å². The molecule has 2 aliphatic rings. The van der Waals surface area contributed by atoms with E-state index in [4.69, 9.17) is 0 Å². The van der Waals surface area contributed by atoms with E-state index in [9.17, 15) is 14.4 Å². The Morgan fingerprint density at radius 1 is 1.18 bits per heavy atom. The number of nitrogens with zero attached hydrogens (tertiary/aromatic N) is 1. The molecule has 7 heteroatoms. The number of amides is 4. The van der Waals surface area contributed by atoms with Crippen molar-refractivity contribution in [2.45, 2.75) is 29.7 Å². The van der Waals surface area contributed by atoms with Crippen molar-refractivity contribution in [1.29, 1.82) is 0 Å². The minimum Gasteiger partial charge on any atom is -0.324 e. The van der Waals surface area contributed by atoms with Crippen LogP contribution in [0.1, 0.15) is 24.0 Å². The highest BCUT2D eigenvalue weighted by Crippen LogP contribution is 2.39. The number of carbonyl (C=O) groups is 3. The van der Waals surface area contributed by atoms with E-state index in [0.29, 0.717) is 12.1 Å². The largest absolute Gasteiger partial charge is 0.325 e. The first-order chi connectivity index (χ1) is 13.5. The number of fused-ring (bicyclic) bond motifs is 2. The van der Waals surface area contributed by atoms with Crippen LogP contribution in [0.3, 0.4) is 0 Å². The van der Waals surface area contributed by atoms with Gasteiger partial charge in [-0.25, -0.2) is 4.79 Å². The molecule has 4 rings (SSSR count). The maximum absolute atomic E-state index is 13.2. The van der Waals surface area contributed by atoms with Crippen LogP contribution in [0, 0.1) is 0 Å². The second kappa shape index (κ2) is 7.31. The standard InChI is InChI=1S/C21H21N3O3S/c1-28-17-11-5-4-10-16(17)22-18(25)13-24-19(26)21(23-20(24)27)12-6-8-14-7-2-3-9-15(14)21/h2-5,7,9-11H,6,8,12-13H2,1H3,(H,22,25)(H,23,27)/t21-/m1/s1. The van der Waals surface area contributed by atoms with Crippen molar-refractivity contribution in [2.75, 3.05) is 18.1 Å². The van der Waals surface area contributed by atoms with Crippen LogP contribution >= 0.6 is 11.8 Å². The number of para-hydroxylation sites is 1. The second-order valence-electron chi connectivity index (χ2n) is 6.99. The highest BCUT2D eigenvalue weighted by atomic mass is 32.2. The van der Waals surface area contributed by atoms with Crippen LogP contribution in [0.25, 0.3) is 0 Å². The molecule has 2 aromatic carbocycles. The quantitative estimate of drug-likeness (QED) is 0.616. The molecule has 144 valence electrons. The van der Waals surface area contributed by atoms with Gasteiger partial charge < -0.3 is 10.6 Å². The summed E-state index contributed by atoms with van der Waals surface area (Å²) in [5.74, 6) is -0.746. The number of benzene rings is 2. The van der Waals surface area contributed by atoms with Gasteiger partial charge in [0.15, 0.2) is 0 Å². The number of hydrogen-bond donors (Lipinski definition) is 2. The maximum atomic E-state index is 13.2. The number of imide groups is 1. The summed E-state index contributed by atoms with van der Waals surface area (Å²) in [6.07, 6.45) is 4.16. The Bertz CT molecular complexity index is 961. The number of carbonyl (C=O) groups excluding carboxylic acids is 3. The van der Waals surface area contributed by atoms with E-state index in [2.05, 4.69) is 10.6 Å². The van der Waals surface area contributed by atoms with Gasteiger partial charge in [0.25, 0.3) is 5.91 Å². The van der Waals surface area contributed by atoms with Crippen LogP contribution in [-0.4, -0.2) is 35.5 Å². The summed E-state index contributed by atoms with van der Waals surface area (Å²) in [6, 6.07) is 14.6. The molecule has 1 fully saturated rings. The predicted octanol–water partition coefficient (Wildman–Crippen LogP) is 3.13. The fourth-order valence-corrected chi connectivity index (χ4v) is 4.59. The Morgan fingerprint density at radius 3 is 2.75 bits per heavy atom. The Balaban J connectivity index is 1.55. The molecule has 1 spiro atoms. The molecule has 6 nitrogen and oxygen atoms in total. The summed E-state index contributed by atoms with van der Waals surface area (Å²) >= 11 is 1.52. The fraction of sp³-hybridized carbons (Fsp3) is 0.286. The maximum Gasteiger partial charge on any atom is 0.325 e. The summed E-state index contributed by atoms with van der Waals surface area (Å²) in [4.78, 5) is 40.3. The SMILES string of the molecule is CSc1ccccc1NC(=O)CN1C(=O)N[C@@]2(CCCc3ccccc32)C1=O. The van der Waals surface area contributed by atoms with Crippen molar-refractivity contribution in [2.24, 2.45) is 0 Å². The van der Waals surface area contributed by atoms with Crippen molar-refractivity contribution in [3.05, 3.63) is 59.7 Å². The number of thioether (sulfide) groups is 1. The van der Waals surface area contributed by atoms with Gasteiger partial charge in [0.1, 0.15) is 12.1 Å². The van der Waals surface area contributed by atoms with Gasteiger partial charge in [-0.05, 0) is 48.8 Å². The summed E-state index contributed by atoms with van der Waals surface area (Å²) in [5.41, 5.74) is 1.53. The third-order valence-corrected chi connectivity index (χ3v) is 6.13. The molecule has 0 bridgehead atoms. The fourth-order valence-electron chi connectivity index (χ4n) is 4.04. The van der Waals surface area contributed by atoms with E-state index in [1.807, 2.05) is 48.7 Å². The molecule has 1 heterocycles. The van der Waals surface area contributed by atoms with Crippen LogP contribution in [0.15, 0.2) is 53.4 Å². The Hall–Kier alpha value is -2.80. The first-order valence-electron chi connectivity index (χ1n) is 9.20. The summed E-state index contributed by atoms with van der Waals surface area (Å²) in [5, 5.41) is 5.68. The molecule has 28 heavy (non-hydrogen) atoms. The predicted molar refractivity (Wildman–Crippen MR) is 108 cm³/mol. The number of hydrogen-bond acceptors (Lipinski definition) is 4. The number of rotatable bonds is 4. The molecule has 0 radical (unpaired) electrons. The van der Waals surface area contributed by atoms with Crippen LogP contribution in [0.2, 0.25) is 0 Å². The van der Waals surface area contributed by atoms with Crippen LogP contribution in [-0.2, 0) is 21.5 Å². The van der Waals surface area contributed by atoms with Gasteiger partial charge in [-0.2, -0.15) is 0 Å². The number of aryl methyl sites for hydroxylation is 1. The molecular formula is C21H21N3O3S. The van der Waals surface area contributed by atoms with Crippen LogP contribution in [0.5, 0.6) is 0 Å². The topological polar surface area (TPSA) is 78.5 Å². The molecule has 0 aromatic heterocycles. The molecule has 2 aromatic rings. The highest BCUT2D eigenvalue weighted by molar-refractivity contribution is 7.98. The number of anilines is 1. The average molecular weight is 395 g/mol. The van der Waals surface area contributed by atoms with Gasteiger partial charge in [-0.15, -0.1) is 11.8 Å². The van der Waals surface area contributed by atoms with Crippen molar-refractivity contribution < 1.29 is 14.4 Å². The van der Waals surface area contributed by atoms with E-state index in [-0.39, 0.29) is 12.5 Å². The smallest absolute Gasteiger partial charge is 0.324 e. The molecule has 2 N–H and O–H groups in total. The normalized spacial score (nSPS) is 20.8. The van der Waals surface area contributed by atoms with E-state index < -0.39 is 17.5 Å². The van der Waals surface area contributed by atoms with Gasteiger partial charge in [0, 0.05) is 4.90 Å². The Morgan fingerprint density at radius 2 is 1.93 bits per heavy atom. The van der Waals surface area contributed by atoms with Gasteiger partial charge >= 0.3 is 6.03 Å². The first-order valence-corrected chi connectivity index (χ1v) is 10.4.